The predicted octanol–water partition coefficient (Wildman–Crippen LogP) is 3.77. The molecule has 0 aliphatic heterocycles. The Labute approximate surface area is 142 Å². The molecule has 2 aromatic rings. The summed E-state index contributed by atoms with van der Waals surface area (Å²) >= 11 is 0. The van der Waals surface area contributed by atoms with Crippen LogP contribution in [0.1, 0.15) is 54.1 Å². The van der Waals surface area contributed by atoms with Gasteiger partial charge in [0.05, 0.1) is 13.3 Å². The zero-order valence-corrected chi connectivity index (χ0v) is 13.9. The Bertz CT molecular complexity index is 698. The summed E-state index contributed by atoms with van der Waals surface area (Å²) in [5.41, 5.74) is 4.10. The van der Waals surface area contributed by atoms with E-state index in [0.717, 1.165) is 11.3 Å². The Kier molecular flexibility index (Phi) is 5.31. The van der Waals surface area contributed by atoms with Crippen LogP contribution in [0, 0.1) is 0 Å². The molecule has 0 unspecified atom stereocenters. The largest absolute Gasteiger partial charge is 0.497 e. The van der Waals surface area contributed by atoms with Crippen LogP contribution >= 0.6 is 0 Å². The summed E-state index contributed by atoms with van der Waals surface area (Å²) in [6, 6.07) is 9.56. The van der Waals surface area contributed by atoms with Gasteiger partial charge in [0.15, 0.2) is 0 Å². The van der Waals surface area contributed by atoms with Crippen LogP contribution in [-0.4, -0.2) is 23.8 Å². The van der Waals surface area contributed by atoms with Crippen LogP contribution < -0.4 is 10.2 Å². The molecular weight excluding hydrogens is 302 g/mol. The van der Waals surface area contributed by atoms with Crippen molar-refractivity contribution < 1.29 is 9.53 Å². The summed E-state index contributed by atoms with van der Waals surface area (Å²) in [4.78, 5) is 12.0. The Morgan fingerprint density at radius 2 is 1.96 bits per heavy atom. The number of carbonyl (C=O) groups excluding carboxylic acids is 1. The molecule has 1 heterocycles. The Morgan fingerprint density at radius 3 is 2.67 bits per heavy atom. The Hall–Kier alpha value is -2.56. The van der Waals surface area contributed by atoms with Crippen molar-refractivity contribution in [1.29, 1.82) is 0 Å². The number of nitrogens with zero attached hydrogens (tertiary/aromatic N) is 2. The van der Waals surface area contributed by atoms with Gasteiger partial charge in [-0.15, -0.1) is 0 Å². The number of hydrogen-bond acceptors (Lipinski definition) is 3. The summed E-state index contributed by atoms with van der Waals surface area (Å²) in [7, 11) is 1.60. The molecule has 1 fully saturated rings. The second-order valence-electron chi connectivity index (χ2n) is 6.11. The highest BCUT2D eigenvalue weighted by Gasteiger charge is 2.14. The minimum absolute atomic E-state index is 0.236. The highest BCUT2D eigenvalue weighted by atomic mass is 16.5. The summed E-state index contributed by atoms with van der Waals surface area (Å²) in [5, 5.41) is 4.05. The maximum atomic E-state index is 12.0. The molecule has 1 amide bonds. The summed E-state index contributed by atoms with van der Waals surface area (Å²) in [6.45, 7) is 0. The third-order valence-electron chi connectivity index (χ3n) is 4.47. The first-order valence-electron chi connectivity index (χ1n) is 8.41. The standard InChI is InChI=1S/C19H23N3O2/c1-24-18-9-7-16(8-10-18)19(23)21-20-13-15-11-12-22(14-15)17-5-3-2-4-6-17/h7-14,17H,2-6H2,1H3,(H,21,23)/b20-13-. The molecule has 5 nitrogen and oxygen atoms in total. The number of hydrazone groups is 1. The number of benzene rings is 1. The average molecular weight is 325 g/mol. The van der Waals surface area contributed by atoms with Crippen LogP contribution in [0.2, 0.25) is 0 Å². The van der Waals surface area contributed by atoms with Gasteiger partial charge >= 0.3 is 0 Å². The Morgan fingerprint density at radius 1 is 1.21 bits per heavy atom. The number of nitrogens with one attached hydrogen (secondary N) is 1. The van der Waals surface area contributed by atoms with E-state index < -0.39 is 0 Å². The first kappa shape index (κ1) is 16.3. The smallest absolute Gasteiger partial charge is 0.271 e. The molecule has 0 atom stereocenters. The lowest BCUT2D eigenvalue weighted by molar-refractivity contribution is 0.0955. The highest BCUT2D eigenvalue weighted by molar-refractivity contribution is 5.94. The zero-order chi connectivity index (χ0) is 16.8. The third-order valence-corrected chi connectivity index (χ3v) is 4.47. The van der Waals surface area contributed by atoms with Gasteiger partial charge < -0.3 is 9.30 Å². The van der Waals surface area contributed by atoms with Crippen LogP contribution in [0.5, 0.6) is 5.75 Å². The SMILES string of the molecule is COc1ccc(C(=O)N/N=C\c2ccn(C3CCCCC3)c2)cc1. The number of rotatable bonds is 5. The molecule has 126 valence electrons. The quantitative estimate of drug-likeness (QED) is 0.672. The van der Waals surface area contributed by atoms with E-state index in [1.165, 1.54) is 32.1 Å². The molecule has 1 saturated carbocycles. The number of hydrogen-bond donors (Lipinski definition) is 1. The van der Waals surface area contributed by atoms with Crippen LogP contribution in [-0.2, 0) is 0 Å². The number of methoxy groups -OCH3 is 1. The van der Waals surface area contributed by atoms with Crippen LogP contribution in [0.15, 0.2) is 47.8 Å². The Balaban J connectivity index is 1.55. The van der Waals surface area contributed by atoms with Gasteiger partial charge in [-0.25, -0.2) is 5.43 Å². The van der Waals surface area contributed by atoms with Crippen LogP contribution in [0.25, 0.3) is 0 Å². The molecule has 0 bridgehead atoms. The first-order valence-corrected chi connectivity index (χ1v) is 8.41. The van der Waals surface area contributed by atoms with Crippen molar-refractivity contribution >= 4 is 12.1 Å². The number of amides is 1. The summed E-state index contributed by atoms with van der Waals surface area (Å²) in [6.07, 6.45) is 12.3. The van der Waals surface area contributed by atoms with Gasteiger partial charge in [0.25, 0.3) is 5.91 Å². The summed E-state index contributed by atoms with van der Waals surface area (Å²) < 4.78 is 7.35. The normalized spacial score (nSPS) is 15.5. The first-order chi connectivity index (χ1) is 11.8. The van der Waals surface area contributed by atoms with E-state index in [2.05, 4.69) is 27.5 Å². The molecular formula is C19H23N3O2. The lowest BCUT2D eigenvalue weighted by atomic mass is 9.95. The van der Waals surface area contributed by atoms with Gasteiger partial charge in [0.1, 0.15) is 5.75 Å². The molecule has 0 saturated heterocycles. The van der Waals surface area contributed by atoms with E-state index in [-0.39, 0.29) is 5.91 Å². The molecule has 0 radical (unpaired) electrons. The highest BCUT2D eigenvalue weighted by Crippen LogP contribution is 2.28. The molecule has 0 spiro atoms. The molecule has 1 aliphatic carbocycles. The van der Waals surface area contributed by atoms with Crippen LogP contribution in [0.3, 0.4) is 0 Å². The molecule has 1 aromatic heterocycles. The minimum Gasteiger partial charge on any atom is -0.497 e. The number of aromatic nitrogens is 1. The fourth-order valence-electron chi connectivity index (χ4n) is 3.09. The second kappa shape index (κ2) is 7.81. The van der Waals surface area contributed by atoms with Crippen molar-refractivity contribution in [3.8, 4) is 5.75 Å². The van der Waals surface area contributed by atoms with E-state index in [1.807, 2.05) is 6.07 Å². The third kappa shape index (κ3) is 4.04. The maximum absolute atomic E-state index is 12.0. The fraction of sp³-hybridized carbons (Fsp3) is 0.368. The van der Waals surface area contributed by atoms with Gasteiger partial charge in [-0.05, 0) is 43.2 Å². The van der Waals surface area contributed by atoms with Crippen molar-refractivity contribution in [2.45, 2.75) is 38.1 Å². The lowest BCUT2D eigenvalue weighted by Gasteiger charge is -2.23. The zero-order valence-electron chi connectivity index (χ0n) is 13.9. The van der Waals surface area contributed by atoms with E-state index in [4.69, 9.17) is 4.74 Å². The molecule has 5 heteroatoms. The molecule has 1 aliphatic rings. The average Bonchev–Trinajstić information content (AvgIpc) is 3.11. The minimum atomic E-state index is -0.236. The molecule has 24 heavy (non-hydrogen) atoms. The molecule has 1 aromatic carbocycles. The summed E-state index contributed by atoms with van der Waals surface area (Å²) in [5.74, 6) is 0.486. The fourth-order valence-corrected chi connectivity index (χ4v) is 3.09. The van der Waals surface area contributed by atoms with E-state index in [0.29, 0.717) is 11.6 Å². The second-order valence-corrected chi connectivity index (χ2v) is 6.11. The van der Waals surface area contributed by atoms with Gasteiger partial charge in [-0.3, -0.25) is 4.79 Å². The van der Waals surface area contributed by atoms with Crippen molar-refractivity contribution in [2.75, 3.05) is 7.11 Å². The van der Waals surface area contributed by atoms with E-state index in [9.17, 15) is 4.79 Å². The van der Waals surface area contributed by atoms with Crippen molar-refractivity contribution in [3.63, 3.8) is 0 Å². The van der Waals surface area contributed by atoms with Crippen molar-refractivity contribution in [3.05, 3.63) is 53.9 Å². The molecule has 1 N–H and O–H groups in total. The van der Waals surface area contributed by atoms with Gasteiger partial charge in [0, 0.05) is 29.6 Å². The van der Waals surface area contributed by atoms with Crippen molar-refractivity contribution in [2.24, 2.45) is 5.10 Å². The van der Waals surface area contributed by atoms with Gasteiger partial charge in [-0.2, -0.15) is 5.10 Å². The monoisotopic (exact) mass is 325 g/mol. The topological polar surface area (TPSA) is 55.6 Å². The van der Waals surface area contributed by atoms with Gasteiger partial charge in [-0.1, -0.05) is 19.3 Å². The number of ether oxygens (including phenoxy) is 1. The predicted molar refractivity (Wildman–Crippen MR) is 94.6 cm³/mol. The lowest BCUT2D eigenvalue weighted by Crippen LogP contribution is -2.17. The van der Waals surface area contributed by atoms with Crippen LogP contribution in [0.4, 0.5) is 0 Å². The van der Waals surface area contributed by atoms with Gasteiger partial charge in [0.2, 0.25) is 0 Å². The number of carbonyl (C=O) groups is 1. The maximum Gasteiger partial charge on any atom is 0.271 e. The van der Waals surface area contributed by atoms with E-state index in [1.54, 1.807) is 37.6 Å². The molecule has 3 rings (SSSR count). The van der Waals surface area contributed by atoms with E-state index >= 15 is 0 Å². The van der Waals surface area contributed by atoms with Crippen molar-refractivity contribution in [1.82, 2.24) is 9.99 Å².